The normalized spacial score (nSPS) is 17.3. The summed E-state index contributed by atoms with van der Waals surface area (Å²) in [5.41, 5.74) is 2.88. The number of nitriles is 1. The van der Waals surface area contributed by atoms with E-state index in [1.54, 1.807) is 0 Å². The summed E-state index contributed by atoms with van der Waals surface area (Å²) < 4.78 is 28.9. The summed E-state index contributed by atoms with van der Waals surface area (Å²) in [6.45, 7) is 1.86. The molecule has 0 amide bonds. The van der Waals surface area contributed by atoms with Crippen LogP contribution in [0.15, 0.2) is 18.2 Å². The molecular weight excluding hydrogens is 272 g/mol. The molecule has 0 aliphatic heterocycles. The summed E-state index contributed by atoms with van der Waals surface area (Å²) in [5, 5.41) is 13.4. The molecule has 1 aliphatic carbocycles. The molecule has 3 nitrogen and oxygen atoms in total. The number of aryl methyl sites for hydroxylation is 1. The number of nitrogens with zero attached hydrogens (tertiary/aromatic N) is 3. The second kappa shape index (κ2) is 5.28. The van der Waals surface area contributed by atoms with Gasteiger partial charge in [-0.1, -0.05) is 0 Å². The van der Waals surface area contributed by atoms with E-state index in [1.165, 1.54) is 4.68 Å². The molecule has 1 aliphatic rings. The molecule has 1 unspecified atom stereocenters. The van der Waals surface area contributed by atoms with Crippen LogP contribution in [0.3, 0.4) is 0 Å². The number of hydrogen-bond donors (Lipinski definition) is 0. The van der Waals surface area contributed by atoms with Gasteiger partial charge in [0.25, 0.3) is 0 Å². The fraction of sp³-hybridized carbons (Fsp3) is 0.375. The minimum absolute atomic E-state index is 0.136. The van der Waals surface area contributed by atoms with Gasteiger partial charge in [0, 0.05) is 29.7 Å². The maximum atomic E-state index is 14.0. The van der Waals surface area contributed by atoms with Crippen LogP contribution >= 0.6 is 0 Å². The quantitative estimate of drug-likeness (QED) is 0.843. The van der Waals surface area contributed by atoms with Gasteiger partial charge in [0.05, 0.1) is 11.8 Å². The molecule has 0 bridgehead atoms. The van der Waals surface area contributed by atoms with E-state index in [2.05, 4.69) is 11.2 Å². The number of aromatic nitrogens is 2. The standard InChI is InChI=1S/C16H15F2N3/c1-10-16-11(7-8-19)3-2-4-14(16)21(20-10)15-9-12(17)5-6-13(15)18/h5-6,9,11H,2-4,7H2,1H3. The van der Waals surface area contributed by atoms with Crippen LogP contribution in [0.4, 0.5) is 8.78 Å². The Bertz CT molecular complexity index is 728. The molecule has 0 spiro atoms. The molecule has 5 heteroatoms. The Kier molecular flexibility index (Phi) is 3.46. The molecule has 1 heterocycles. The van der Waals surface area contributed by atoms with E-state index in [0.717, 1.165) is 54.4 Å². The smallest absolute Gasteiger partial charge is 0.149 e. The lowest BCUT2D eigenvalue weighted by Crippen LogP contribution is -2.13. The number of halogens is 2. The van der Waals surface area contributed by atoms with Crippen LogP contribution in [0.1, 0.15) is 42.1 Å². The van der Waals surface area contributed by atoms with E-state index in [1.807, 2.05) is 6.92 Å². The zero-order chi connectivity index (χ0) is 15.0. The second-order valence-electron chi connectivity index (χ2n) is 5.40. The molecule has 108 valence electrons. The van der Waals surface area contributed by atoms with Crippen molar-refractivity contribution in [2.45, 2.75) is 38.5 Å². The third kappa shape index (κ3) is 2.31. The molecule has 1 atom stereocenters. The van der Waals surface area contributed by atoms with E-state index in [-0.39, 0.29) is 11.6 Å². The average Bonchev–Trinajstić information content (AvgIpc) is 2.80. The van der Waals surface area contributed by atoms with Crippen molar-refractivity contribution in [3.8, 4) is 11.8 Å². The maximum Gasteiger partial charge on any atom is 0.149 e. The summed E-state index contributed by atoms with van der Waals surface area (Å²) in [7, 11) is 0. The Morgan fingerprint density at radius 1 is 1.43 bits per heavy atom. The number of rotatable bonds is 2. The molecule has 0 N–H and O–H groups in total. The topological polar surface area (TPSA) is 41.6 Å². The zero-order valence-electron chi connectivity index (χ0n) is 11.7. The van der Waals surface area contributed by atoms with Crippen molar-refractivity contribution in [1.29, 1.82) is 5.26 Å². The summed E-state index contributed by atoms with van der Waals surface area (Å²) in [5.74, 6) is -0.842. The van der Waals surface area contributed by atoms with Crippen molar-refractivity contribution in [3.05, 3.63) is 46.8 Å². The van der Waals surface area contributed by atoms with Crippen molar-refractivity contribution < 1.29 is 8.78 Å². The van der Waals surface area contributed by atoms with Crippen LogP contribution in [-0.4, -0.2) is 9.78 Å². The predicted molar refractivity (Wildman–Crippen MR) is 74.1 cm³/mol. The lowest BCUT2D eigenvalue weighted by molar-refractivity contribution is 0.542. The highest BCUT2D eigenvalue weighted by Crippen LogP contribution is 2.37. The van der Waals surface area contributed by atoms with Crippen molar-refractivity contribution in [2.24, 2.45) is 0 Å². The van der Waals surface area contributed by atoms with Crippen molar-refractivity contribution in [1.82, 2.24) is 9.78 Å². The van der Waals surface area contributed by atoms with Crippen LogP contribution in [0.25, 0.3) is 5.69 Å². The van der Waals surface area contributed by atoms with Gasteiger partial charge in [-0.3, -0.25) is 0 Å². The lowest BCUT2D eigenvalue weighted by Gasteiger charge is -2.21. The van der Waals surface area contributed by atoms with Gasteiger partial charge in [-0.15, -0.1) is 0 Å². The summed E-state index contributed by atoms with van der Waals surface area (Å²) in [4.78, 5) is 0. The molecule has 3 rings (SSSR count). The van der Waals surface area contributed by atoms with Crippen molar-refractivity contribution >= 4 is 0 Å². The number of hydrogen-bond acceptors (Lipinski definition) is 2. The Morgan fingerprint density at radius 3 is 3.00 bits per heavy atom. The van der Waals surface area contributed by atoms with E-state index in [4.69, 9.17) is 5.26 Å². The molecular formula is C16H15F2N3. The largest absolute Gasteiger partial charge is 0.234 e. The fourth-order valence-corrected chi connectivity index (χ4v) is 3.18. The van der Waals surface area contributed by atoms with Crippen LogP contribution < -0.4 is 0 Å². The first-order chi connectivity index (χ1) is 10.1. The zero-order valence-corrected chi connectivity index (χ0v) is 11.7. The second-order valence-corrected chi connectivity index (χ2v) is 5.40. The molecule has 2 aromatic rings. The highest BCUT2D eigenvalue weighted by atomic mass is 19.1. The summed E-state index contributed by atoms with van der Waals surface area (Å²) >= 11 is 0. The van der Waals surface area contributed by atoms with Gasteiger partial charge in [0.2, 0.25) is 0 Å². The molecule has 0 fully saturated rings. The molecule has 1 aromatic carbocycles. The minimum atomic E-state index is -0.496. The molecule has 21 heavy (non-hydrogen) atoms. The monoisotopic (exact) mass is 287 g/mol. The first-order valence-electron chi connectivity index (χ1n) is 7.02. The van der Waals surface area contributed by atoms with E-state index in [0.29, 0.717) is 6.42 Å². The maximum absolute atomic E-state index is 14.0. The summed E-state index contributed by atoms with van der Waals surface area (Å²) in [6, 6.07) is 5.58. The average molecular weight is 287 g/mol. The van der Waals surface area contributed by atoms with E-state index in [9.17, 15) is 8.78 Å². The van der Waals surface area contributed by atoms with Gasteiger partial charge in [0.15, 0.2) is 0 Å². The SMILES string of the molecule is Cc1nn(-c2cc(F)ccc2F)c2c1C(CC#N)CCC2. The predicted octanol–water partition coefficient (Wildman–Crippen LogP) is 3.79. The molecule has 0 radical (unpaired) electrons. The third-order valence-corrected chi connectivity index (χ3v) is 4.05. The van der Waals surface area contributed by atoms with Gasteiger partial charge in [-0.05, 0) is 38.3 Å². The van der Waals surface area contributed by atoms with Crippen LogP contribution in [0.5, 0.6) is 0 Å². The van der Waals surface area contributed by atoms with Crippen LogP contribution in [0, 0.1) is 29.9 Å². The Labute approximate surface area is 121 Å². The van der Waals surface area contributed by atoms with Crippen molar-refractivity contribution in [3.63, 3.8) is 0 Å². The van der Waals surface area contributed by atoms with E-state index >= 15 is 0 Å². The van der Waals surface area contributed by atoms with Crippen molar-refractivity contribution in [2.75, 3.05) is 0 Å². The van der Waals surface area contributed by atoms with Gasteiger partial charge in [-0.2, -0.15) is 10.4 Å². The van der Waals surface area contributed by atoms with Gasteiger partial charge >= 0.3 is 0 Å². The summed E-state index contributed by atoms with van der Waals surface area (Å²) in [6.07, 6.45) is 3.08. The van der Waals surface area contributed by atoms with E-state index < -0.39 is 11.6 Å². The molecule has 1 aromatic heterocycles. The van der Waals surface area contributed by atoms with Crippen LogP contribution in [0.2, 0.25) is 0 Å². The number of benzene rings is 1. The van der Waals surface area contributed by atoms with Crippen LogP contribution in [-0.2, 0) is 6.42 Å². The minimum Gasteiger partial charge on any atom is -0.234 e. The van der Waals surface area contributed by atoms with Gasteiger partial charge < -0.3 is 0 Å². The fourth-order valence-electron chi connectivity index (χ4n) is 3.18. The lowest BCUT2D eigenvalue weighted by atomic mass is 9.83. The first-order valence-corrected chi connectivity index (χ1v) is 7.02. The highest BCUT2D eigenvalue weighted by Gasteiger charge is 2.28. The van der Waals surface area contributed by atoms with Gasteiger partial charge in [0.1, 0.15) is 17.3 Å². The Hall–Kier alpha value is -2.22. The Morgan fingerprint density at radius 2 is 2.24 bits per heavy atom. The molecule has 0 saturated heterocycles. The van der Waals surface area contributed by atoms with Gasteiger partial charge in [-0.25, -0.2) is 13.5 Å². The Balaban J connectivity index is 2.16. The highest BCUT2D eigenvalue weighted by molar-refractivity contribution is 5.41. The number of fused-ring (bicyclic) bond motifs is 1. The molecule has 0 saturated carbocycles. The first kappa shape index (κ1) is 13.7. The third-order valence-electron chi connectivity index (χ3n) is 4.05.